The number of rotatable bonds is 2. The number of pyridine rings is 1. The summed E-state index contributed by atoms with van der Waals surface area (Å²) < 4.78 is 0. The lowest BCUT2D eigenvalue weighted by Crippen LogP contribution is -2.29. The molecule has 0 spiro atoms. The van der Waals surface area contributed by atoms with Gasteiger partial charge < -0.3 is 10.0 Å². The predicted molar refractivity (Wildman–Crippen MR) is 65.4 cm³/mol. The number of hydrogen-bond donors (Lipinski definition) is 1. The first-order valence-corrected chi connectivity index (χ1v) is 6.09. The fourth-order valence-electron chi connectivity index (χ4n) is 1.94. The number of carbonyl (C=O) groups is 1. The SMILES string of the molecule is O=C(c1cc(Cl)nc(Cl)c1)N1CCC(CO)C1. The van der Waals surface area contributed by atoms with Crippen molar-refractivity contribution in [3.63, 3.8) is 0 Å². The maximum atomic E-state index is 12.1. The summed E-state index contributed by atoms with van der Waals surface area (Å²) in [5.41, 5.74) is 0.439. The molecular weight excluding hydrogens is 263 g/mol. The molecule has 2 rings (SSSR count). The van der Waals surface area contributed by atoms with Gasteiger partial charge in [0.1, 0.15) is 10.3 Å². The molecule has 4 nitrogen and oxygen atoms in total. The highest BCUT2D eigenvalue weighted by molar-refractivity contribution is 6.33. The van der Waals surface area contributed by atoms with Crippen molar-refractivity contribution in [2.75, 3.05) is 19.7 Å². The number of aliphatic hydroxyl groups excluding tert-OH is 1. The summed E-state index contributed by atoms with van der Waals surface area (Å²) in [7, 11) is 0. The van der Waals surface area contributed by atoms with Gasteiger partial charge in [-0.05, 0) is 18.6 Å². The molecule has 0 radical (unpaired) electrons. The maximum Gasteiger partial charge on any atom is 0.254 e. The van der Waals surface area contributed by atoms with Crippen molar-refractivity contribution < 1.29 is 9.90 Å². The van der Waals surface area contributed by atoms with Crippen molar-refractivity contribution in [3.8, 4) is 0 Å². The molecule has 1 amide bonds. The number of hydrogen-bond acceptors (Lipinski definition) is 3. The Kier molecular flexibility index (Phi) is 3.86. The summed E-state index contributed by atoms with van der Waals surface area (Å²) >= 11 is 11.5. The van der Waals surface area contributed by atoms with E-state index in [1.165, 1.54) is 12.1 Å². The van der Waals surface area contributed by atoms with Gasteiger partial charge in [-0.15, -0.1) is 0 Å². The quantitative estimate of drug-likeness (QED) is 0.838. The second-order valence-corrected chi connectivity index (χ2v) is 4.86. The summed E-state index contributed by atoms with van der Waals surface area (Å²) in [6, 6.07) is 3.00. The highest BCUT2D eigenvalue weighted by atomic mass is 35.5. The normalized spacial score (nSPS) is 19.7. The van der Waals surface area contributed by atoms with Crippen molar-refractivity contribution in [1.29, 1.82) is 0 Å². The van der Waals surface area contributed by atoms with Crippen LogP contribution >= 0.6 is 23.2 Å². The molecule has 1 aromatic rings. The Balaban J connectivity index is 2.14. The Morgan fingerprint density at radius 3 is 2.65 bits per heavy atom. The van der Waals surface area contributed by atoms with Crippen LogP contribution in [0.4, 0.5) is 0 Å². The molecule has 1 saturated heterocycles. The highest BCUT2D eigenvalue weighted by Gasteiger charge is 2.26. The molecule has 92 valence electrons. The number of carbonyl (C=O) groups excluding carboxylic acids is 1. The molecule has 0 aromatic carbocycles. The monoisotopic (exact) mass is 274 g/mol. The van der Waals surface area contributed by atoms with Gasteiger partial charge in [0.2, 0.25) is 0 Å². The third kappa shape index (κ3) is 2.89. The number of nitrogens with zero attached hydrogens (tertiary/aromatic N) is 2. The number of aromatic nitrogens is 1. The summed E-state index contributed by atoms with van der Waals surface area (Å²) in [6.45, 7) is 1.34. The lowest BCUT2D eigenvalue weighted by atomic mass is 10.1. The van der Waals surface area contributed by atoms with Gasteiger partial charge in [0.05, 0.1) is 0 Å². The number of amides is 1. The zero-order valence-electron chi connectivity index (χ0n) is 9.07. The summed E-state index contributed by atoms with van der Waals surface area (Å²) in [5, 5.41) is 9.45. The van der Waals surface area contributed by atoms with Crippen LogP contribution in [0.2, 0.25) is 10.3 Å². The first-order chi connectivity index (χ1) is 8.10. The second-order valence-electron chi connectivity index (χ2n) is 4.09. The van der Waals surface area contributed by atoms with Gasteiger partial charge in [0.25, 0.3) is 5.91 Å². The Labute approximate surface area is 109 Å². The van der Waals surface area contributed by atoms with Crippen LogP contribution in [0, 0.1) is 5.92 Å². The summed E-state index contributed by atoms with van der Waals surface area (Å²) in [4.78, 5) is 17.6. The lowest BCUT2D eigenvalue weighted by molar-refractivity contribution is 0.0781. The molecule has 0 bridgehead atoms. The molecule has 1 unspecified atom stereocenters. The Bertz CT molecular complexity index is 419. The minimum absolute atomic E-state index is 0.113. The Morgan fingerprint density at radius 2 is 2.12 bits per heavy atom. The number of aliphatic hydroxyl groups is 1. The third-order valence-corrected chi connectivity index (χ3v) is 3.23. The van der Waals surface area contributed by atoms with Crippen molar-refractivity contribution >= 4 is 29.1 Å². The lowest BCUT2D eigenvalue weighted by Gasteiger charge is -2.16. The molecule has 1 N–H and O–H groups in total. The standard InChI is InChI=1S/C11H12Cl2N2O2/c12-9-3-8(4-10(13)14-9)11(17)15-2-1-7(5-15)6-16/h3-4,7,16H,1-2,5-6H2. The highest BCUT2D eigenvalue weighted by Crippen LogP contribution is 2.21. The summed E-state index contributed by atoms with van der Waals surface area (Å²) in [6.07, 6.45) is 0.828. The van der Waals surface area contributed by atoms with Crippen LogP contribution in [-0.4, -0.2) is 40.6 Å². The molecule has 1 aliphatic heterocycles. The molecule has 0 aliphatic carbocycles. The van der Waals surface area contributed by atoms with E-state index in [1.54, 1.807) is 4.90 Å². The van der Waals surface area contributed by atoms with E-state index in [9.17, 15) is 4.79 Å². The maximum absolute atomic E-state index is 12.1. The van der Waals surface area contributed by atoms with Crippen LogP contribution in [0.3, 0.4) is 0 Å². The van der Waals surface area contributed by atoms with Gasteiger partial charge in [-0.2, -0.15) is 0 Å². The molecule has 1 atom stereocenters. The van der Waals surface area contributed by atoms with Crippen LogP contribution < -0.4 is 0 Å². The Morgan fingerprint density at radius 1 is 1.47 bits per heavy atom. The van der Waals surface area contributed by atoms with E-state index in [2.05, 4.69) is 4.98 Å². The van der Waals surface area contributed by atoms with Crippen LogP contribution in [0.25, 0.3) is 0 Å². The van der Waals surface area contributed by atoms with Crippen molar-refractivity contribution in [2.24, 2.45) is 5.92 Å². The molecule has 1 aromatic heterocycles. The van der Waals surface area contributed by atoms with E-state index in [-0.39, 0.29) is 28.7 Å². The molecule has 17 heavy (non-hydrogen) atoms. The number of likely N-dealkylation sites (tertiary alicyclic amines) is 1. The molecule has 6 heteroatoms. The van der Waals surface area contributed by atoms with Crippen molar-refractivity contribution in [1.82, 2.24) is 9.88 Å². The van der Waals surface area contributed by atoms with Crippen LogP contribution in [-0.2, 0) is 0 Å². The first-order valence-electron chi connectivity index (χ1n) is 5.33. The van der Waals surface area contributed by atoms with Crippen LogP contribution in [0.5, 0.6) is 0 Å². The van der Waals surface area contributed by atoms with E-state index in [0.717, 1.165) is 6.42 Å². The minimum atomic E-state index is -0.118. The fourth-order valence-corrected chi connectivity index (χ4v) is 2.40. The smallest absolute Gasteiger partial charge is 0.254 e. The average molecular weight is 275 g/mol. The van der Waals surface area contributed by atoms with E-state index >= 15 is 0 Å². The topological polar surface area (TPSA) is 53.4 Å². The molecule has 2 heterocycles. The van der Waals surface area contributed by atoms with Gasteiger partial charge in [-0.25, -0.2) is 4.98 Å². The van der Waals surface area contributed by atoms with Crippen LogP contribution in [0.15, 0.2) is 12.1 Å². The minimum Gasteiger partial charge on any atom is -0.396 e. The Hall–Kier alpha value is -0.840. The third-order valence-electron chi connectivity index (χ3n) is 2.84. The first kappa shape index (κ1) is 12.6. The zero-order chi connectivity index (χ0) is 12.4. The fraction of sp³-hybridized carbons (Fsp3) is 0.455. The van der Waals surface area contributed by atoms with Crippen molar-refractivity contribution in [2.45, 2.75) is 6.42 Å². The predicted octanol–water partition coefficient (Wildman–Crippen LogP) is 1.84. The molecule has 1 aliphatic rings. The van der Waals surface area contributed by atoms with Gasteiger partial charge >= 0.3 is 0 Å². The van der Waals surface area contributed by atoms with E-state index in [4.69, 9.17) is 28.3 Å². The molecular formula is C11H12Cl2N2O2. The van der Waals surface area contributed by atoms with Gasteiger partial charge in [-0.3, -0.25) is 4.79 Å². The van der Waals surface area contributed by atoms with Gasteiger partial charge in [0.15, 0.2) is 0 Å². The van der Waals surface area contributed by atoms with E-state index in [1.807, 2.05) is 0 Å². The zero-order valence-corrected chi connectivity index (χ0v) is 10.6. The second kappa shape index (κ2) is 5.21. The van der Waals surface area contributed by atoms with E-state index < -0.39 is 0 Å². The van der Waals surface area contributed by atoms with Gasteiger partial charge in [-0.1, -0.05) is 23.2 Å². The average Bonchev–Trinajstić information content (AvgIpc) is 2.75. The molecule has 1 fully saturated rings. The number of halogens is 2. The largest absolute Gasteiger partial charge is 0.396 e. The van der Waals surface area contributed by atoms with Crippen molar-refractivity contribution in [3.05, 3.63) is 28.0 Å². The van der Waals surface area contributed by atoms with E-state index in [0.29, 0.717) is 18.7 Å². The molecule has 0 saturated carbocycles. The van der Waals surface area contributed by atoms with Crippen LogP contribution in [0.1, 0.15) is 16.8 Å². The summed E-state index contributed by atoms with van der Waals surface area (Å²) in [5.74, 6) is 0.0545. The van der Waals surface area contributed by atoms with Gasteiger partial charge in [0, 0.05) is 31.2 Å².